The Bertz CT molecular complexity index is 697. The van der Waals surface area contributed by atoms with Gasteiger partial charge in [-0.05, 0) is 65.4 Å². The SMILES string of the molecule is C/C(=N/O)c1ccc(NC(=O)c2cc(I)ccc2O)cc1. The Labute approximate surface area is 135 Å². The molecule has 0 aliphatic heterocycles. The van der Waals surface area contributed by atoms with Crippen LogP contribution in [0.1, 0.15) is 22.8 Å². The van der Waals surface area contributed by atoms with E-state index < -0.39 is 0 Å². The topological polar surface area (TPSA) is 81.9 Å². The maximum Gasteiger partial charge on any atom is 0.259 e. The Kier molecular flexibility index (Phi) is 4.79. The van der Waals surface area contributed by atoms with Crippen molar-refractivity contribution in [3.05, 3.63) is 57.2 Å². The Balaban J connectivity index is 2.18. The lowest BCUT2D eigenvalue weighted by Gasteiger charge is -2.08. The summed E-state index contributed by atoms with van der Waals surface area (Å²) in [4.78, 5) is 12.1. The molecule has 0 heterocycles. The highest BCUT2D eigenvalue weighted by Crippen LogP contribution is 2.21. The first-order valence-electron chi connectivity index (χ1n) is 6.10. The lowest BCUT2D eigenvalue weighted by Crippen LogP contribution is -2.12. The molecule has 0 bridgehead atoms. The Morgan fingerprint density at radius 2 is 1.86 bits per heavy atom. The van der Waals surface area contributed by atoms with Gasteiger partial charge in [0.25, 0.3) is 5.91 Å². The van der Waals surface area contributed by atoms with Gasteiger partial charge in [-0.3, -0.25) is 4.79 Å². The maximum atomic E-state index is 12.1. The van der Waals surface area contributed by atoms with Crippen LogP contribution in [-0.4, -0.2) is 21.9 Å². The van der Waals surface area contributed by atoms with Crippen LogP contribution in [0, 0.1) is 3.57 Å². The molecule has 2 rings (SSSR count). The summed E-state index contributed by atoms with van der Waals surface area (Å²) in [6, 6.07) is 11.7. The highest BCUT2D eigenvalue weighted by molar-refractivity contribution is 14.1. The molecular weight excluding hydrogens is 383 g/mol. The van der Waals surface area contributed by atoms with Crippen LogP contribution in [0.4, 0.5) is 5.69 Å². The highest BCUT2D eigenvalue weighted by atomic mass is 127. The summed E-state index contributed by atoms with van der Waals surface area (Å²) in [5.74, 6) is -0.445. The number of benzene rings is 2. The summed E-state index contributed by atoms with van der Waals surface area (Å²) in [5, 5.41) is 24.2. The van der Waals surface area contributed by atoms with Crippen LogP contribution in [0.2, 0.25) is 0 Å². The van der Waals surface area contributed by atoms with Gasteiger partial charge in [0.15, 0.2) is 0 Å². The molecule has 0 spiro atoms. The number of rotatable bonds is 3. The van der Waals surface area contributed by atoms with E-state index in [2.05, 4.69) is 33.1 Å². The summed E-state index contributed by atoms with van der Waals surface area (Å²) >= 11 is 2.07. The predicted octanol–water partition coefficient (Wildman–Crippen LogP) is 3.45. The number of anilines is 1. The van der Waals surface area contributed by atoms with Crippen LogP contribution in [0.5, 0.6) is 5.75 Å². The largest absolute Gasteiger partial charge is 0.507 e. The molecule has 0 saturated carbocycles. The van der Waals surface area contributed by atoms with Crippen LogP contribution >= 0.6 is 22.6 Å². The minimum Gasteiger partial charge on any atom is -0.507 e. The minimum absolute atomic E-state index is 0.0622. The van der Waals surface area contributed by atoms with Crippen molar-refractivity contribution < 1.29 is 15.1 Å². The third-order valence-corrected chi connectivity index (χ3v) is 3.58. The van der Waals surface area contributed by atoms with E-state index in [4.69, 9.17) is 5.21 Å². The average molecular weight is 396 g/mol. The lowest BCUT2D eigenvalue weighted by atomic mass is 10.1. The summed E-state index contributed by atoms with van der Waals surface area (Å²) in [7, 11) is 0. The fourth-order valence-corrected chi connectivity index (χ4v) is 2.23. The molecule has 0 radical (unpaired) electrons. The van der Waals surface area contributed by atoms with Crippen LogP contribution in [0.3, 0.4) is 0 Å². The molecule has 1 amide bonds. The second-order valence-electron chi connectivity index (χ2n) is 4.38. The summed E-state index contributed by atoms with van der Waals surface area (Å²) in [6.45, 7) is 1.68. The lowest BCUT2D eigenvalue weighted by molar-refractivity contribution is 0.102. The van der Waals surface area contributed by atoms with Crippen molar-refractivity contribution in [3.8, 4) is 5.75 Å². The maximum absolute atomic E-state index is 12.1. The number of phenolic OH excluding ortho intramolecular Hbond substituents is 1. The number of nitrogens with zero attached hydrogens (tertiary/aromatic N) is 1. The van der Waals surface area contributed by atoms with E-state index in [-0.39, 0.29) is 17.2 Å². The van der Waals surface area contributed by atoms with Gasteiger partial charge in [-0.2, -0.15) is 0 Å². The van der Waals surface area contributed by atoms with E-state index in [9.17, 15) is 9.90 Å². The molecule has 0 saturated heterocycles. The molecule has 0 atom stereocenters. The number of aromatic hydroxyl groups is 1. The van der Waals surface area contributed by atoms with Gasteiger partial charge >= 0.3 is 0 Å². The molecule has 0 aromatic heterocycles. The predicted molar refractivity (Wildman–Crippen MR) is 89.2 cm³/mol. The van der Waals surface area contributed by atoms with Crippen molar-refractivity contribution in [1.29, 1.82) is 0 Å². The quantitative estimate of drug-likeness (QED) is 0.322. The molecule has 0 aliphatic carbocycles. The minimum atomic E-state index is -0.383. The second kappa shape index (κ2) is 6.57. The van der Waals surface area contributed by atoms with E-state index >= 15 is 0 Å². The summed E-state index contributed by atoms with van der Waals surface area (Å²) < 4.78 is 0.862. The zero-order valence-corrected chi connectivity index (χ0v) is 13.3. The van der Waals surface area contributed by atoms with Gasteiger partial charge in [0.2, 0.25) is 0 Å². The van der Waals surface area contributed by atoms with Gasteiger partial charge in [-0.15, -0.1) is 0 Å². The number of oxime groups is 1. The number of hydrogen-bond acceptors (Lipinski definition) is 4. The molecule has 2 aromatic rings. The molecule has 0 aliphatic rings. The van der Waals surface area contributed by atoms with Gasteiger partial charge in [-0.25, -0.2) is 0 Å². The van der Waals surface area contributed by atoms with Gasteiger partial charge in [0.1, 0.15) is 5.75 Å². The molecule has 2 aromatic carbocycles. The van der Waals surface area contributed by atoms with E-state index in [1.54, 1.807) is 43.3 Å². The van der Waals surface area contributed by atoms with Crippen LogP contribution in [-0.2, 0) is 0 Å². The third-order valence-electron chi connectivity index (χ3n) is 2.91. The Morgan fingerprint density at radius 1 is 1.19 bits per heavy atom. The fraction of sp³-hybridized carbons (Fsp3) is 0.0667. The van der Waals surface area contributed by atoms with Crippen molar-refractivity contribution in [2.45, 2.75) is 6.92 Å². The third kappa shape index (κ3) is 3.72. The molecule has 0 fully saturated rings. The highest BCUT2D eigenvalue weighted by Gasteiger charge is 2.12. The van der Waals surface area contributed by atoms with Crippen LogP contribution < -0.4 is 5.32 Å². The Morgan fingerprint density at radius 3 is 2.48 bits per heavy atom. The number of hydrogen-bond donors (Lipinski definition) is 3. The van der Waals surface area contributed by atoms with Crippen molar-refractivity contribution in [2.24, 2.45) is 5.16 Å². The van der Waals surface area contributed by atoms with E-state index in [0.717, 1.165) is 9.13 Å². The van der Waals surface area contributed by atoms with E-state index in [1.807, 2.05) is 0 Å². The average Bonchev–Trinajstić information content (AvgIpc) is 2.49. The van der Waals surface area contributed by atoms with Crippen molar-refractivity contribution in [3.63, 3.8) is 0 Å². The second-order valence-corrected chi connectivity index (χ2v) is 5.62. The zero-order chi connectivity index (χ0) is 15.4. The number of amides is 1. The molecule has 6 heteroatoms. The first kappa shape index (κ1) is 15.3. The number of carbonyl (C=O) groups is 1. The van der Waals surface area contributed by atoms with Crippen molar-refractivity contribution in [1.82, 2.24) is 0 Å². The first-order valence-corrected chi connectivity index (χ1v) is 7.18. The molecule has 21 heavy (non-hydrogen) atoms. The molecule has 108 valence electrons. The van der Waals surface area contributed by atoms with Crippen LogP contribution in [0.15, 0.2) is 47.6 Å². The zero-order valence-electron chi connectivity index (χ0n) is 11.2. The van der Waals surface area contributed by atoms with E-state index in [0.29, 0.717) is 11.4 Å². The summed E-state index contributed by atoms with van der Waals surface area (Å²) in [5.41, 5.74) is 2.06. The van der Waals surface area contributed by atoms with Gasteiger partial charge in [0.05, 0.1) is 11.3 Å². The molecule has 0 unspecified atom stereocenters. The molecule has 5 nitrogen and oxygen atoms in total. The number of carbonyl (C=O) groups excluding carboxylic acids is 1. The van der Waals surface area contributed by atoms with Crippen molar-refractivity contribution >= 4 is 39.9 Å². The molecule has 3 N–H and O–H groups in total. The van der Waals surface area contributed by atoms with Crippen LogP contribution in [0.25, 0.3) is 0 Å². The number of halogens is 1. The number of phenols is 1. The smallest absolute Gasteiger partial charge is 0.259 e. The normalized spacial score (nSPS) is 11.2. The Hall–Kier alpha value is -2.09. The number of nitrogens with one attached hydrogen (secondary N) is 1. The first-order chi connectivity index (χ1) is 10.0. The summed E-state index contributed by atoms with van der Waals surface area (Å²) in [6.07, 6.45) is 0. The van der Waals surface area contributed by atoms with Gasteiger partial charge in [-0.1, -0.05) is 17.3 Å². The van der Waals surface area contributed by atoms with Gasteiger partial charge < -0.3 is 15.6 Å². The van der Waals surface area contributed by atoms with Gasteiger partial charge in [0, 0.05) is 9.26 Å². The fourth-order valence-electron chi connectivity index (χ4n) is 1.74. The van der Waals surface area contributed by atoms with E-state index in [1.165, 1.54) is 6.07 Å². The van der Waals surface area contributed by atoms with Crippen molar-refractivity contribution in [2.75, 3.05) is 5.32 Å². The monoisotopic (exact) mass is 396 g/mol. The standard InChI is InChI=1S/C15H13IN2O3/c1-9(18-21)10-2-5-12(6-3-10)17-15(20)13-8-11(16)4-7-14(13)19/h2-8,19,21H,1H3,(H,17,20)/b18-9-. The molecular formula is C15H13IN2O3.